The number of carbonyl (C=O) groups excluding carboxylic acids is 1. The molecule has 10 nitrogen and oxygen atoms in total. The molecule has 3 N–H and O–H groups in total. The Labute approximate surface area is 212 Å². The van der Waals surface area contributed by atoms with Crippen LogP contribution in [0.3, 0.4) is 0 Å². The van der Waals surface area contributed by atoms with E-state index in [1.807, 2.05) is 23.9 Å². The fraction of sp³-hybridized carbons (Fsp3) is 0.280. The summed E-state index contributed by atoms with van der Waals surface area (Å²) in [7, 11) is 0. The molecule has 36 heavy (non-hydrogen) atoms. The lowest BCUT2D eigenvalue weighted by Gasteiger charge is -2.18. The molecular weight excluding hydrogens is 482 g/mol. The Bertz CT molecular complexity index is 1460. The van der Waals surface area contributed by atoms with Crippen LogP contribution in [0, 0.1) is 6.92 Å². The fourth-order valence-electron chi connectivity index (χ4n) is 4.54. The van der Waals surface area contributed by atoms with E-state index in [0.29, 0.717) is 53.9 Å². The van der Waals surface area contributed by atoms with E-state index in [4.69, 9.17) is 27.2 Å². The molecule has 1 amide bonds. The van der Waals surface area contributed by atoms with Crippen LogP contribution in [0.1, 0.15) is 23.1 Å². The number of carbonyl (C=O) groups is 1. The van der Waals surface area contributed by atoms with Crippen LogP contribution in [-0.4, -0.2) is 60.0 Å². The van der Waals surface area contributed by atoms with Crippen molar-refractivity contribution >= 4 is 28.8 Å². The number of anilines is 1. The summed E-state index contributed by atoms with van der Waals surface area (Å²) in [6, 6.07) is 7.02. The van der Waals surface area contributed by atoms with Crippen LogP contribution in [0.5, 0.6) is 5.75 Å². The molecule has 1 unspecified atom stereocenters. The van der Waals surface area contributed by atoms with Crippen LogP contribution in [0.2, 0.25) is 5.02 Å². The molecule has 1 atom stereocenters. The van der Waals surface area contributed by atoms with Gasteiger partial charge >= 0.3 is 0 Å². The third kappa shape index (κ3) is 4.29. The number of amides is 1. The summed E-state index contributed by atoms with van der Waals surface area (Å²) in [5.41, 5.74) is 10.6. The predicted octanol–water partition coefficient (Wildman–Crippen LogP) is 2.82. The third-order valence-electron chi connectivity index (χ3n) is 6.37. The zero-order valence-corrected chi connectivity index (χ0v) is 20.5. The number of nitrogens with zero attached hydrogens (tertiary/aromatic N) is 6. The van der Waals surface area contributed by atoms with Crippen LogP contribution in [-0.2, 0) is 17.8 Å². The van der Waals surface area contributed by atoms with Crippen molar-refractivity contribution in [3.05, 3.63) is 71.3 Å². The predicted molar refractivity (Wildman–Crippen MR) is 136 cm³/mol. The van der Waals surface area contributed by atoms with E-state index in [2.05, 4.69) is 16.7 Å². The number of nitrogen functional groups attached to an aromatic ring is 1. The summed E-state index contributed by atoms with van der Waals surface area (Å²) in [5.74, 6) is 0.692. The maximum Gasteiger partial charge on any atom is 0.246 e. The number of hydrogen-bond acceptors (Lipinski definition) is 7. The van der Waals surface area contributed by atoms with Crippen LogP contribution in [0.4, 0.5) is 5.82 Å². The van der Waals surface area contributed by atoms with Gasteiger partial charge in [-0.25, -0.2) is 9.50 Å². The number of hydrogen-bond donors (Lipinski definition) is 2. The van der Waals surface area contributed by atoms with Gasteiger partial charge in [-0.2, -0.15) is 10.2 Å². The second-order valence-corrected chi connectivity index (χ2v) is 8.99. The summed E-state index contributed by atoms with van der Waals surface area (Å²) in [4.78, 5) is 18.2. The molecule has 5 heterocycles. The number of nitrogens with two attached hydrogens (primary N) is 1. The van der Waals surface area contributed by atoms with E-state index in [9.17, 15) is 9.90 Å². The minimum atomic E-state index is -0.758. The van der Waals surface area contributed by atoms with E-state index >= 15 is 0 Å². The number of aliphatic hydroxyl groups is 1. The molecule has 1 aliphatic heterocycles. The monoisotopic (exact) mass is 507 g/mol. The first-order chi connectivity index (χ1) is 17.4. The van der Waals surface area contributed by atoms with E-state index in [1.165, 1.54) is 6.08 Å². The fourth-order valence-corrected chi connectivity index (χ4v) is 4.76. The van der Waals surface area contributed by atoms with Crippen molar-refractivity contribution in [1.29, 1.82) is 0 Å². The number of fused-ring (bicyclic) bond motifs is 2. The van der Waals surface area contributed by atoms with Crippen LogP contribution < -0.4 is 10.5 Å². The van der Waals surface area contributed by atoms with E-state index in [0.717, 1.165) is 22.5 Å². The molecule has 1 aliphatic rings. The van der Waals surface area contributed by atoms with Crippen molar-refractivity contribution in [2.45, 2.75) is 26.0 Å². The Morgan fingerprint density at radius 1 is 1.36 bits per heavy atom. The minimum Gasteiger partial charge on any atom is -0.479 e. The molecule has 4 aromatic heterocycles. The van der Waals surface area contributed by atoms with Crippen molar-refractivity contribution < 1.29 is 14.6 Å². The second kappa shape index (κ2) is 9.63. The second-order valence-electron chi connectivity index (χ2n) is 8.58. The molecule has 0 aromatic carbocycles. The molecular formula is C25H26ClN7O3. The van der Waals surface area contributed by atoms with Gasteiger partial charge in [0, 0.05) is 37.0 Å². The summed E-state index contributed by atoms with van der Waals surface area (Å²) in [6.07, 6.45) is 4.67. The summed E-state index contributed by atoms with van der Waals surface area (Å²) in [5, 5.41) is 19.7. The topological polar surface area (TPSA) is 124 Å². The first-order valence-electron chi connectivity index (χ1n) is 11.5. The van der Waals surface area contributed by atoms with Crippen molar-refractivity contribution in [3.8, 4) is 17.0 Å². The Hall–Kier alpha value is -3.89. The average Bonchev–Trinajstić information content (AvgIpc) is 3.32. The van der Waals surface area contributed by atoms with E-state index < -0.39 is 6.10 Å². The summed E-state index contributed by atoms with van der Waals surface area (Å²) < 4.78 is 9.83. The Balaban J connectivity index is 1.53. The van der Waals surface area contributed by atoms with Crippen molar-refractivity contribution in [3.63, 3.8) is 0 Å². The molecule has 0 spiro atoms. The smallest absolute Gasteiger partial charge is 0.246 e. The van der Waals surface area contributed by atoms with Crippen LogP contribution >= 0.6 is 11.6 Å². The normalized spacial score (nSPS) is 14.4. The zero-order valence-electron chi connectivity index (χ0n) is 19.8. The average molecular weight is 508 g/mol. The number of pyridine rings is 2. The van der Waals surface area contributed by atoms with Crippen LogP contribution in [0.25, 0.3) is 16.8 Å². The molecule has 0 fully saturated rings. The largest absolute Gasteiger partial charge is 0.479 e. The van der Waals surface area contributed by atoms with Gasteiger partial charge in [0.05, 0.1) is 35.8 Å². The Morgan fingerprint density at radius 2 is 2.19 bits per heavy atom. The lowest BCUT2D eigenvalue weighted by molar-refractivity contribution is -0.126. The van der Waals surface area contributed by atoms with E-state index in [-0.39, 0.29) is 12.5 Å². The highest BCUT2D eigenvalue weighted by atomic mass is 35.5. The van der Waals surface area contributed by atoms with Gasteiger partial charge in [0.15, 0.2) is 6.10 Å². The number of aliphatic hydroxyl groups excluding tert-OH is 1. The highest BCUT2D eigenvalue weighted by Gasteiger charge is 2.24. The molecule has 5 rings (SSSR count). The molecule has 0 saturated heterocycles. The first kappa shape index (κ1) is 23.8. The molecule has 0 saturated carbocycles. The highest BCUT2D eigenvalue weighted by Crippen LogP contribution is 2.36. The van der Waals surface area contributed by atoms with Gasteiger partial charge in [0.1, 0.15) is 17.1 Å². The lowest BCUT2D eigenvalue weighted by Crippen LogP contribution is -2.32. The standard InChI is InChI=1S/C25H26ClN7O3/c1-3-23(35)31-8-7-19-15(2)24(30-32(19)10-9-31)16-11-20(25-17(26)12-28-33(25)13-16)36-21(14-34)18-5-4-6-22(27)29-18/h3-6,11-13,21,34H,1,7-10,14H2,2H3,(H2,27,29). The number of aromatic nitrogens is 5. The van der Waals surface area contributed by atoms with Gasteiger partial charge in [0.2, 0.25) is 5.91 Å². The third-order valence-corrected chi connectivity index (χ3v) is 6.65. The number of halogens is 1. The molecule has 0 radical (unpaired) electrons. The molecule has 11 heteroatoms. The van der Waals surface area contributed by atoms with Gasteiger partial charge in [0.25, 0.3) is 0 Å². The molecule has 0 aliphatic carbocycles. The van der Waals surface area contributed by atoms with Gasteiger partial charge in [-0.1, -0.05) is 24.2 Å². The Morgan fingerprint density at radius 3 is 2.94 bits per heavy atom. The van der Waals surface area contributed by atoms with Gasteiger partial charge in [-0.05, 0) is 36.8 Å². The summed E-state index contributed by atoms with van der Waals surface area (Å²) >= 11 is 6.44. The lowest BCUT2D eigenvalue weighted by atomic mass is 10.1. The van der Waals surface area contributed by atoms with Crippen LogP contribution in [0.15, 0.2) is 49.3 Å². The molecule has 4 aromatic rings. The van der Waals surface area contributed by atoms with Crippen molar-refractivity contribution in [2.75, 3.05) is 25.4 Å². The van der Waals surface area contributed by atoms with Gasteiger partial charge in [-0.3, -0.25) is 9.48 Å². The van der Waals surface area contributed by atoms with E-state index in [1.54, 1.807) is 33.8 Å². The van der Waals surface area contributed by atoms with Crippen molar-refractivity contribution in [2.24, 2.45) is 0 Å². The Kier molecular flexibility index (Phi) is 6.38. The maximum absolute atomic E-state index is 12.1. The number of rotatable bonds is 6. The molecule has 186 valence electrons. The van der Waals surface area contributed by atoms with Crippen molar-refractivity contribution in [1.82, 2.24) is 29.3 Å². The highest BCUT2D eigenvalue weighted by molar-refractivity contribution is 6.34. The molecule has 0 bridgehead atoms. The number of ether oxygens (including phenoxy) is 1. The van der Waals surface area contributed by atoms with Gasteiger partial charge in [-0.15, -0.1) is 0 Å². The quantitative estimate of drug-likeness (QED) is 0.384. The summed E-state index contributed by atoms with van der Waals surface area (Å²) in [6.45, 7) is 7.05. The van der Waals surface area contributed by atoms with Gasteiger partial charge < -0.3 is 20.5 Å². The zero-order chi connectivity index (χ0) is 25.4. The SMILES string of the molecule is C=CC(=O)N1CCc2c(C)c(-c3cc(OC(CO)c4cccc(N)n4)c4c(Cl)cnn4c3)nn2CC1. The maximum atomic E-state index is 12.1. The minimum absolute atomic E-state index is 0.0745. The first-order valence-corrected chi connectivity index (χ1v) is 11.9.